The van der Waals surface area contributed by atoms with Gasteiger partial charge in [-0.05, 0) is 30.9 Å². The van der Waals surface area contributed by atoms with Gasteiger partial charge in [0.2, 0.25) is 0 Å². The molecule has 2 atom stereocenters. The van der Waals surface area contributed by atoms with Crippen molar-refractivity contribution in [2.45, 2.75) is 25.2 Å². The first-order chi connectivity index (χ1) is 9.68. The molecule has 1 saturated heterocycles. The number of aliphatic hydroxyl groups is 1. The van der Waals surface area contributed by atoms with Crippen molar-refractivity contribution < 1.29 is 9.84 Å². The van der Waals surface area contributed by atoms with Crippen molar-refractivity contribution in [1.82, 2.24) is 4.90 Å². The van der Waals surface area contributed by atoms with Gasteiger partial charge in [-0.25, -0.2) is 0 Å². The Morgan fingerprint density at radius 3 is 2.75 bits per heavy atom. The summed E-state index contributed by atoms with van der Waals surface area (Å²) in [6.45, 7) is 6.30. The highest BCUT2D eigenvalue weighted by Crippen LogP contribution is 2.27. The maximum absolute atomic E-state index is 9.89. The second kappa shape index (κ2) is 7.21. The highest BCUT2D eigenvalue weighted by molar-refractivity contribution is 5.25. The second-order valence-corrected chi connectivity index (χ2v) is 6.28. The second-order valence-electron chi connectivity index (χ2n) is 6.28. The number of hydrogen-bond acceptors (Lipinski definition) is 3. The summed E-state index contributed by atoms with van der Waals surface area (Å²) in [4.78, 5) is 2.48. The van der Waals surface area contributed by atoms with E-state index >= 15 is 0 Å². The van der Waals surface area contributed by atoms with E-state index in [2.05, 4.69) is 24.0 Å². The third kappa shape index (κ3) is 3.81. The number of ether oxygens (including phenoxy) is 1. The molecule has 2 unspecified atom stereocenters. The third-order valence-corrected chi connectivity index (χ3v) is 4.40. The lowest BCUT2D eigenvalue weighted by atomic mass is 9.82. The number of nitrogens with zero attached hydrogens (tertiary/aromatic N) is 1. The molecular weight excluding hydrogens is 250 g/mol. The van der Waals surface area contributed by atoms with Gasteiger partial charge in [0.1, 0.15) is 0 Å². The van der Waals surface area contributed by atoms with Crippen LogP contribution in [0.4, 0.5) is 0 Å². The van der Waals surface area contributed by atoms with Crippen molar-refractivity contribution in [3.8, 4) is 0 Å². The van der Waals surface area contributed by atoms with Gasteiger partial charge < -0.3 is 14.7 Å². The van der Waals surface area contributed by atoms with Crippen molar-refractivity contribution in [3.05, 3.63) is 35.9 Å². The fourth-order valence-electron chi connectivity index (χ4n) is 3.23. The Morgan fingerprint density at radius 1 is 1.35 bits per heavy atom. The molecule has 1 fully saturated rings. The maximum Gasteiger partial charge on any atom is 0.0537 e. The molecule has 0 aromatic heterocycles. The van der Waals surface area contributed by atoms with E-state index in [1.807, 2.05) is 18.2 Å². The highest BCUT2D eigenvalue weighted by atomic mass is 16.5. The number of piperidine rings is 1. The van der Waals surface area contributed by atoms with Crippen molar-refractivity contribution in [2.75, 3.05) is 40.0 Å². The van der Waals surface area contributed by atoms with Gasteiger partial charge in [0.25, 0.3) is 0 Å². The summed E-state index contributed by atoms with van der Waals surface area (Å²) in [7, 11) is 1.78. The number of hydrogen-bond donors (Lipinski definition) is 1. The molecule has 0 spiro atoms. The van der Waals surface area contributed by atoms with E-state index in [1.54, 1.807) is 7.11 Å². The monoisotopic (exact) mass is 277 g/mol. The summed E-state index contributed by atoms with van der Waals surface area (Å²) in [6.07, 6.45) is 2.48. The molecule has 112 valence electrons. The van der Waals surface area contributed by atoms with E-state index in [0.29, 0.717) is 5.92 Å². The summed E-state index contributed by atoms with van der Waals surface area (Å²) in [5.41, 5.74) is 1.03. The summed E-state index contributed by atoms with van der Waals surface area (Å²) in [5.74, 6) is 0.632. The van der Waals surface area contributed by atoms with Crippen molar-refractivity contribution in [3.63, 3.8) is 0 Å². The Hall–Kier alpha value is -0.900. The van der Waals surface area contributed by atoms with Crippen molar-refractivity contribution in [1.29, 1.82) is 0 Å². The molecule has 1 aromatic carbocycles. The third-order valence-electron chi connectivity index (χ3n) is 4.40. The van der Waals surface area contributed by atoms with Crippen LogP contribution in [0.2, 0.25) is 0 Å². The van der Waals surface area contributed by atoms with E-state index < -0.39 is 0 Å². The molecule has 3 heteroatoms. The van der Waals surface area contributed by atoms with Crippen LogP contribution in [-0.4, -0.2) is 50.0 Å². The highest BCUT2D eigenvalue weighted by Gasteiger charge is 2.30. The number of aliphatic hydroxyl groups excluding tert-OH is 1. The summed E-state index contributed by atoms with van der Waals surface area (Å²) in [5, 5.41) is 9.89. The van der Waals surface area contributed by atoms with Crippen LogP contribution in [0.15, 0.2) is 30.3 Å². The van der Waals surface area contributed by atoms with Gasteiger partial charge >= 0.3 is 0 Å². The minimum absolute atomic E-state index is 0.183. The van der Waals surface area contributed by atoms with Gasteiger partial charge in [-0.2, -0.15) is 0 Å². The number of methoxy groups -OCH3 is 1. The molecule has 1 aliphatic rings. The zero-order valence-corrected chi connectivity index (χ0v) is 12.7. The van der Waals surface area contributed by atoms with Gasteiger partial charge in [0.05, 0.1) is 13.2 Å². The van der Waals surface area contributed by atoms with Gasteiger partial charge in [-0.3, -0.25) is 0 Å². The Kier molecular flexibility index (Phi) is 5.58. The van der Waals surface area contributed by atoms with Crippen LogP contribution in [0.25, 0.3) is 0 Å². The molecule has 1 aromatic rings. The molecular formula is C17H27NO2. The van der Waals surface area contributed by atoms with Gasteiger partial charge in [-0.15, -0.1) is 0 Å². The summed E-state index contributed by atoms with van der Waals surface area (Å²) in [6, 6.07) is 10.4. The number of rotatable bonds is 6. The molecule has 0 amide bonds. The zero-order chi connectivity index (χ0) is 14.4. The van der Waals surface area contributed by atoms with Crippen LogP contribution < -0.4 is 0 Å². The van der Waals surface area contributed by atoms with Crippen LogP contribution >= 0.6 is 0 Å². The van der Waals surface area contributed by atoms with Crippen LogP contribution in [0.5, 0.6) is 0 Å². The Bertz CT molecular complexity index is 393. The van der Waals surface area contributed by atoms with Gasteiger partial charge in [0, 0.05) is 25.6 Å². The molecule has 0 radical (unpaired) electrons. The SMILES string of the molecule is COCC1CCCN(CC(C)(CO)c2ccccc2)C1. The first kappa shape index (κ1) is 15.5. The molecule has 0 aliphatic carbocycles. The lowest BCUT2D eigenvalue weighted by Gasteiger charge is -2.39. The molecule has 0 saturated carbocycles. The predicted octanol–water partition coefficient (Wildman–Crippen LogP) is 2.30. The average molecular weight is 277 g/mol. The molecule has 1 heterocycles. The standard InChI is InChI=1S/C17H27NO2/c1-17(14-19,16-8-4-3-5-9-16)13-18-10-6-7-15(11-18)12-20-2/h3-5,8-9,15,19H,6-7,10-14H2,1-2H3. The van der Waals surface area contributed by atoms with Crippen LogP contribution in [0, 0.1) is 5.92 Å². The van der Waals surface area contributed by atoms with Crippen LogP contribution in [-0.2, 0) is 10.2 Å². The zero-order valence-electron chi connectivity index (χ0n) is 12.7. The Balaban J connectivity index is 2.02. The van der Waals surface area contributed by atoms with Crippen LogP contribution in [0.3, 0.4) is 0 Å². The normalized spacial score (nSPS) is 23.4. The molecule has 20 heavy (non-hydrogen) atoms. The van der Waals surface area contributed by atoms with Gasteiger partial charge in [-0.1, -0.05) is 37.3 Å². The minimum atomic E-state index is -0.184. The molecule has 3 nitrogen and oxygen atoms in total. The van der Waals surface area contributed by atoms with E-state index in [-0.39, 0.29) is 12.0 Å². The van der Waals surface area contributed by atoms with E-state index in [0.717, 1.165) is 26.2 Å². The quantitative estimate of drug-likeness (QED) is 0.866. The molecule has 1 N–H and O–H groups in total. The lowest BCUT2D eigenvalue weighted by Crippen LogP contribution is -2.46. The smallest absolute Gasteiger partial charge is 0.0537 e. The fraction of sp³-hybridized carbons (Fsp3) is 0.647. The summed E-state index contributed by atoms with van der Waals surface area (Å²) >= 11 is 0. The molecule has 0 bridgehead atoms. The van der Waals surface area contributed by atoms with E-state index in [4.69, 9.17) is 4.74 Å². The average Bonchev–Trinajstić information content (AvgIpc) is 2.49. The molecule has 1 aliphatic heterocycles. The lowest BCUT2D eigenvalue weighted by molar-refractivity contribution is 0.0685. The largest absolute Gasteiger partial charge is 0.395 e. The first-order valence-electron chi connectivity index (χ1n) is 7.55. The fourth-order valence-corrected chi connectivity index (χ4v) is 3.23. The minimum Gasteiger partial charge on any atom is -0.395 e. The van der Waals surface area contributed by atoms with E-state index in [9.17, 15) is 5.11 Å². The van der Waals surface area contributed by atoms with E-state index in [1.165, 1.54) is 18.4 Å². The number of benzene rings is 1. The first-order valence-corrected chi connectivity index (χ1v) is 7.55. The maximum atomic E-state index is 9.89. The molecule has 2 rings (SSSR count). The predicted molar refractivity (Wildman–Crippen MR) is 81.9 cm³/mol. The Labute approximate surface area is 122 Å². The summed E-state index contributed by atoms with van der Waals surface area (Å²) < 4.78 is 5.29. The topological polar surface area (TPSA) is 32.7 Å². The number of likely N-dealkylation sites (tertiary alicyclic amines) is 1. The van der Waals surface area contributed by atoms with Gasteiger partial charge in [0.15, 0.2) is 0 Å². The van der Waals surface area contributed by atoms with Crippen LogP contribution in [0.1, 0.15) is 25.3 Å². The van der Waals surface area contributed by atoms with Crippen molar-refractivity contribution in [2.24, 2.45) is 5.92 Å². The van der Waals surface area contributed by atoms with Crippen molar-refractivity contribution >= 4 is 0 Å². The Morgan fingerprint density at radius 2 is 2.10 bits per heavy atom.